The molecule has 0 atom stereocenters. The second-order valence-corrected chi connectivity index (χ2v) is 9.91. The first-order chi connectivity index (χ1) is 17.8. The number of nitrogens with zero attached hydrogens (tertiary/aromatic N) is 3. The van der Waals surface area contributed by atoms with Gasteiger partial charge in [0.05, 0.1) is 32.7 Å². The molecule has 1 fully saturated rings. The fraction of sp³-hybridized carbons (Fsp3) is 0.393. The maximum Gasteiger partial charge on any atom is 0.173 e. The van der Waals surface area contributed by atoms with Gasteiger partial charge in [0, 0.05) is 5.56 Å². The van der Waals surface area contributed by atoms with Gasteiger partial charge in [-0.25, -0.2) is 14.4 Å². The van der Waals surface area contributed by atoms with Crippen molar-refractivity contribution in [2.45, 2.75) is 64.4 Å². The van der Waals surface area contributed by atoms with Crippen LogP contribution in [0.1, 0.15) is 56.5 Å². The van der Waals surface area contributed by atoms with Crippen LogP contribution in [0.15, 0.2) is 48.8 Å². The van der Waals surface area contributed by atoms with Crippen LogP contribution >= 0.6 is 0 Å². The molecule has 8 nitrogen and oxygen atoms in total. The van der Waals surface area contributed by atoms with Gasteiger partial charge in [-0.15, -0.1) is 0 Å². The number of rotatable bonds is 9. The third-order valence-corrected chi connectivity index (χ3v) is 6.81. The maximum atomic E-state index is 14.1. The molecule has 2 heterocycles. The first kappa shape index (κ1) is 25.0. The number of hydrogen-bond acceptors (Lipinski definition) is 6. The minimum atomic E-state index is -0.853. The lowest BCUT2D eigenvalue weighted by molar-refractivity contribution is -0.0403. The summed E-state index contributed by atoms with van der Waals surface area (Å²) in [5, 5.41) is 8.31. The summed E-state index contributed by atoms with van der Waals surface area (Å²) >= 11 is 0. The number of imidazole rings is 1. The van der Waals surface area contributed by atoms with Crippen LogP contribution in [0.3, 0.4) is 0 Å². The second-order valence-electron chi connectivity index (χ2n) is 9.91. The van der Waals surface area contributed by atoms with E-state index in [1.54, 1.807) is 31.6 Å². The van der Waals surface area contributed by atoms with Crippen LogP contribution in [0.2, 0.25) is 0 Å². The number of ether oxygens (including phenoxy) is 3. The molecule has 37 heavy (non-hydrogen) atoms. The van der Waals surface area contributed by atoms with E-state index in [-0.39, 0.29) is 24.0 Å². The molecule has 4 aromatic rings. The summed E-state index contributed by atoms with van der Waals surface area (Å²) in [5.74, 6) is 1.67. The van der Waals surface area contributed by atoms with Gasteiger partial charge in [-0.2, -0.15) is 0 Å². The molecular weight excluding hydrogens is 473 g/mol. The van der Waals surface area contributed by atoms with E-state index in [0.717, 1.165) is 24.2 Å². The van der Waals surface area contributed by atoms with Crippen LogP contribution in [0.5, 0.6) is 11.5 Å². The molecule has 0 saturated heterocycles. The van der Waals surface area contributed by atoms with Crippen molar-refractivity contribution in [3.63, 3.8) is 0 Å². The molecule has 0 unspecified atom stereocenters. The Hall–Kier alpha value is -3.72. The average molecular weight is 506 g/mol. The summed E-state index contributed by atoms with van der Waals surface area (Å²) in [6, 6.07) is 12.4. The van der Waals surface area contributed by atoms with Gasteiger partial charge in [-0.3, -0.25) is 5.41 Å². The molecule has 2 N–H and O–H groups in total. The molecule has 0 bridgehead atoms. The molecule has 194 valence electrons. The molecule has 2 aromatic carbocycles. The Kier molecular flexibility index (Phi) is 6.97. The van der Waals surface area contributed by atoms with Gasteiger partial charge in [0.25, 0.3) is 0 Å². The fourth-order valence-corrected chi connectivity index (χ4v) is 4.62. The lowest BCUT2D eigenvalue weighted by Crippen LogP contribution is -2.23. The molecule has 0 aliphatic heterocycles. The highest BCUT2D eigenvalue weighted by Gasteiger charge is 2.27. The minimum Gasteiger partial charge on any atom is -0.493 e. The normalized spacial score (nSPS) is 14.4. The van der Waals surface area contributed by atoms with Crippen molar-refractivity contribution in [1.29, 1.82) is 5.41 Å². The van der Waals surface area contributed by atoms with E-state index in [2.05, 4.69) is 9.97 Å². The van der Waals surface area contributed by atoms with Crippen LogP contribution in [0.25, 0.3) is 11.2 Å². The number of H-pyrrole nitrogens is 1. The molecule has 0 radical (unpaired) electrons. The Morgan fingerprint density at radius 2 is 1.92 bits per heavy atom. The van der Waals surface area contributed by atoms with E-state index in [1.807, 2.05) is 36.6 Å². The van der Waals surface area contributed by atoms with Crippen LogP contribution in [-0.4, -0.2) is 32.7 Å². The van der Waals surface area contributed by atoms with Crippen LogP contribution < -0.4 is 15.0 Å². The van der Waals surface area contributed by atoms with Crippen molar-refractivity contribution >= 4 is 11.2 Å². The summed E-state index contributed by atoms with van der Waals surface area (Å²) in [5.41, 5.74) is 1.81. The summed E-state index contributed by atoms with van der Waals surface area (Å²) in [6.45, 7) is 4.31. The quantitative estimate of drug-likeness (QED) is 0.326. The minimum absolute atomic E-state index is 0.0925. The molecule has 2 aromatic heterocycles. The molecule has 9 heteroatoms. The predicted octanol–water partition coefficient (Wildman–Crippen LogP) is 5.21. The molecule has 1 aliphatic carbocycles. The first-order valence-electron chi connectivity index (χ1n) is 12.6. The Morgan fingerprint density at radius 3 is 2.68 bits per heavy atom. The zero-order chi connectivity index (χ0) is 26.0. The zero-order valence-corrected chi connectivity index (χ0v) is 21.4. The molecule has 0 amide bonds. The van der Waals surface area contributed by atoms with E-state index in [0.29, 0.717) is 34.8 Å². The van der Waals surface area contributed by atoms with Crippen LogP contribution in [0, 0.1) is 11.2 Å². The number of aromatic amines is 1. The third kappa shape index (κ3) is 5.36. The average Bonchev–Trinajstić information content (AvgIpc) is 3.57. The number of aromatic nitrogens is 4. The summed E-state index contributed by atoms with van der Waals surface area (Å²) in [4.78, 5) is 12.3. The zero-order valence-electron chi connectivity index (χ0n) is 21.4. The number of fused-ring (bicyclic) bond motifs is 1. The van der Waals surface area contributed by atoms with Crippen molar-refractivity contribution in [3.8, 4) is 11.5 Å². The molecule has 1 aliphatic rings. The van der Waals surface area contributed by atoms with Crippen LogP contribution in [0.4, 0.5) is 4.39 Å². The summed E-state index contributed by atoms with van der Waals surface area (Å²) in [6.07, 6.45) is 6.32. The van der Waals surface area contributed by atoms with Gasteiger partial charge in [0.15, 0.2) is 22.6 Å². The second kappa shape index (κ2) is 10.3. The molecule has 5 rings (SSSR count). The summed E-state index contributed by atoms with van der Waals surface area (Å²) in [7, 11) is 1.65. The van der Waals surface area contributed by atoms with Crippen molar-refractivity contribution < 1.29 is 18.6 Å². The number of nitrogens with one attached hydrogen (secondary N) is 2. The van der Waals surface area contributed by atoms with E-state index >= 15 is 0 Å². The monoisotopic (exact) mass is 505 g/mol. The van der Waals surface area contributed by atoms with Gasteiger partial charge in [0.2, 0.25) is 0 Å². The standard InChI is InChI=1S/C28H32FN5O3/c1-28(2,36-16-19-8-4-7-11-21(19)29)27-32-24-25(30)31-17-34(26(24)33-27)15-18-12-13-22(35-3)23(14-18)37-20-9-5-6-10-20/h4,7-8,11-14,17,20,30H,5-6,9-10,15-16H2,1-3H3,(H,32,33). The topological polar surface area (TPSA) is 98.0 Å². The van der Waals surface area contributed by atoms with Crippen molar-refractivity contribution in [1.82, 2.24) is 19.5 Å². The smallest absolute Gasteiger partial charge is 0.173 e. The van der Waals surface area contributed by atoms with E-state index in [4.69, 9.17) is 24.6 Å². The third-order valence-electron chi connectivity index (χ3n) is 6.81. The van der Waals surface area contributed by atoms with Crippen molar-refractivity contribution in [3.05, 3.63) is 77.0 Å². The number of hydrogen-bond donors (Lipinski definition) is 2. The van der Waals surface area contributed by atoms with E-state index < -0.39 is 5.60 Å². The Balaban J connectivity index is 1.41. The van der Waals surface area contributed by atoms with Crippen LogP contribution in [-0.2, 0) is 23.5 Å². The van der Waals surface area contributed by atoms with Gasteiger partial charge in [0.1, 0.15) is 22.8 Å². The highest BCUT2D eigenvalue weighted by molar-refractivity contribution is 5.69. The van der Waals surface area contributed by atoms with Crippen molar-refractivity contribution in [2.75, 3.05) is 7.11 Å². The lowest BCUT2D eigenvalue weighted by Gasteiger charge is -2.23. The Morgan fingerprint density at radius 1 is 1.14 bits per heavy atom. The lowest BCUT2D eigenvalue weighted by atomic mass is 10.1. The van der Waals surface area contributed by atoms with Gasteiger partial charge >= 0.3 is 0 Å². The largest absolute Gasteiger partial charge is 0.493 e. The highest BCUT2D eigenvalue weighted by Crippen LogP contribution is 2.33. The van der Waals surface area contributed by atoms with E-state index in [9.17, 15) is 4.39 Å². The van der Waals surface area contributed by atoms with Crippen molar-refractivity contribution in [2.24, 2.45) is 0 Å². The molecule has 0 spiro atoms. The van der Waals surface area contributed by atoms with Gasteiger partial charge in [-0.05, 0) is 63.3 Å². The molecule has 1 saturated carbocycles. The van der Waals surface area contributed by atoms with Gasteiger partial charge < -0.3 is 23.8 Å². The van der Waals surface area contributed by atoms with E-state index in [1.165, 1.54) is 18.9 Å². The Bertz CT molecular complexity index is 1460. The highest BCUT2D eigenvalue weighted by atomic mass is 19.1. The SMILES string of the molecule is COc1ccc(Cn2cnc(=N)c3[nH]c(C(C)(C)OCc4ccccc4F)nc32)cc1OC1CCCC1. The number of benzene rings is 2. The number of methoxy groups -OCH3 is 1. The first-order valence-corrected chi connectivity index (χ1v) is 12.6. The predicted molar refractivity (Wildman–Crippen MR) is 137 cm³/mol. The summed E-state index contributed by atoms with van der Waals surface area (Å²) < 4.78 is 33.8. The van der Waals surface area contributed by atoms with Gasteiger partial charge in [-0.1, -0.05) is 24.3 Å². The number of halogens is 1. The Labute approximate surface area is 215 Å². The fourth-order valence-electron chi connectivity index (χ4n) is 4.62. The molecular formula is C28H32FN5O3. The maximum absolute atomic E-state index is 14.1.